The second-order valence-electron chi connectivity index (χ2n) is 8.69. The second-order valence-corrected chi connectivity index (χ2v) is 8.69. The number of aromatic nitrogens is 4. The monoisotopic (exact) mass is 406 g/mol. The van der Waals surface area contributed by atoms with Gasteiger partial charge in [-0.1, -0.05) is 30.3 Å². The Morgan fingerprint density at radius 3 is 2.87 bits per heavy atom. The van der Waals surface area contributed by atoms with E-state index in [1.165, 1.54) is 12.0 Å². The molecule has 1 saturated heterocycles. The predicted octanol–water partition coefficient (Wildman–Crippen LogP) is 3.50. The number of ether oxygens (including phenoxy) is 1. The van der Waals surface area contributed by atoms with E-state index in [0.29, 0.717) is 18.0 Å². The van der Waals surface area contributed by atoms with Gasteiger partial charge < -0.3 is 14.6 Å². The van der Waals surface area contributed by atoms with Crippen molar-refractivity contribution in [3.63, 3.8) is 0 Å². The van der Waals surface area contributed by atoms with E-state index in [-0.39, 0.29) is 0 Å². The summed E-state index contributed by atoms with van der Waals surface area (Å²) in [6.07, 6.45) is 8.21. The summed E-state index contributed by atoms with van der Waals surface area (Å²) >= 11 is 0. The van der Waals surface area contributed by atoms with Crippen LogP contribution in [-0.4, -0.2) is 57.3 Å². The Hall–Kier alpha value is -2.51. The molecular weight excluding hydrogens is 376 g/mol. The van der Waals surface area contributed by atoms with Crippen molar-refractivity contribution in [3.05, 3.63) is 48.5 Å². The van der Waals surface area contributed by atoms with E-state index in [1.54, 1.807) is 13.4 Å². The van der Waals surface area contributed by atoms with Crippen LogP contribution in [0.5, 0.6) is 0 Å². The molecule has 0 radical (unpaired) electrons. The molecule has 0 unspecified atom stereocenters. The number of imidazole rings is 1. The molecule has 0 spiro atoms. The van der Waals surface area contributed by atoms with E-state index in [0.717, 1.165) is 62.5 Å². The zero-order valence-electron chi connectivity index (χ0n) is 17.6. The van der Waals surface area contributed by atoms with Crippen molar-refractivity contribution < 1.29 is 4.74 Å². The van der Waals surface area contributed by atoms with Crippen LogP contribution in [0.3, 0.4) is 0 Å². The van der Waals surface area contributed by atoms with Crippen molar-refractivity contribution in [3.8, 4) is 0 Å². The van der Waals surface area contributed by atoms with Crippen LogP contribution in [0.15, 0.2) is 43.0 Å². The van der Waals surface area contributed by atoms with Crippen molar-refractivity contribution >= 4 is 17.0 Å². The van der Waals surface area contributed by atoms with Crippen LogP contribution in [0, 0.1) is 5.92 Å². The number of nitrogens with one attached hydrogen (secondary N) is 1. The number of rotatable bonds is 7. The first kappa shape index (κ1) is 19.5. The number of fused-ring (bicyclic) bond motifs is 1. The smallest absolute Gasteiger partial charge is 0.165 e. The van der Waals surface area contributed by atoms with Gasteiger partial charge in [-0.05, 0) is 37.2 Å². The van der Waals surface area contributed by atoms with Crippen LogP contribution in [-0.2, 0) is 11.3 Å². The maximum atomic E-state index is 5.35. The molecular formula is C23H30N6O. The highest BCUT2D eigenvalue weighted by Gasteiger charge is 2.28. The second kappa shape index (κ2) is 8.70. The van der Waals surface area contributed by atoms with Gasteiger partial charge in [0.15, 0.2) is 11.5 Å². The minimum absolute atomic E-state index is 0.384. The predicted molar refractivity (Wildman–Crippen MR) is 117 cm³/mol. The minimum Gasteiger partial charge on any atom is -0.384 e. The molecule has 1 aliphatic carbocycles. The number of hydrogen-bond acceptors (Lipinski definition) is 6. The Kier molecular flexibility index (Phi) is 5.64. The number of benzene rings is 1. The van der Waals surface area contributed by atoms with Crippen LogP contribution < -0.4 is 5.32 Å². The maximum Gasteiger partial charge on any atom is 0.165 e. The summed E-state index contributed by atoms with van der Waals surface area (Å²) < 4.78 is 7.60. The van der Waals surface area contributed by atoms with E-state index in [2.05, 4.69) is 55.1 Å². The molecule has 7 nitrogen and oxygen atoms in total. The Labute approximate surface area is 177 Å². The van der Waals surface area contributed by atoms with Gasteiger partial charge in [0.05, 0.1) is 6.33 Å². The Balaban J connectivity index is 1.26. The topological polar surface area (TPSA) is 68.1 Å². The molecule has 2 fully saturated rings. The lowest BCUT2D eigenvalue weighted by Crippen LogP contribution is -2.26. The minimum atomic E-state index is 0.384. The molecule has 30 heavy (non-hydrogen) atoms. The van der Waals surface area contributed by atoms with E-state index >= 15 is 0 Å². The standard InChI is InChI=1S/C23H30N6O/c1-30-14-18-7-8-20(11-18)29-16-26-21-22(24-15-25-23(21)29)27-19-9-10-28(13-19)12-17-5-3-2-4-6-17/h2-6,15-16,18-20H,7-14H2,1H3,(H,24,25,27)/t18-,19+,20-/m1/s1. The number of nitrogens with zero attached hydrogens (tertiary/aromatic N) is 5. The van der Waals surface area contributed by atoms with Crippen molar-refractivity contribution in [2.75, 3.05) is 32.1 Å². The first-order valence-corrected chi connectivity index (χ1v) is 11.0. The van der Waals surface area contributed by atoms with Crippen LogP contribution in [0.25, 0.3) is 11.2 Å². The van der Waals surface area contributed by atoms with Crippen LogP contribution in [0.4, 0.5) is 5.82 Å². The molecule has 1 saturated carbocycles. The normalized spacial score (nSPS) is 24.6. The summed E-state index contributed by atoms with van der Waals surface area (Å²) in [7, 11) is 1.79. The molecule has 2 aliphatic rings. The first-order chi connectivity index (χ1) is 14.8. The largest absolute Gasteiger partial charge is 0.384 e. The van der Waals surface area contributed by atoms with Crippen molar-refractivity contribution in [1.82, 2.24) is 24.4 Å². The molecule has 3 atom stereocenters. The van der Waals surface area contributed by atoms with Crippen LogP contribution >= 0.6 is 0 Å². The average Bonchev–Trinajstić information content (AvgIpc) is 3.49. The van der Waals surface area contributed by atoms with Gasteiger partial charge in [0, 0.05) is 45.4 Å². The summed E-state index contributed by atoms with van der Waals surface area (Å²) in [6, 6.07) is 11.5. The Bertz CT molecular complexity index is 974. The summed E-state index contributed by atoms with van der Waals surface area (Å²) in [6.45, 7) is 3.95. The van der Waals surface area contributed by atoms with E-state index in [1.807, 2.05) is 6.33 Å². The van der Waals surface area contributed by atoms with E-state index in [9.17, 15) is 0 Å². The van der Waals surface area contributed by atoms with Crippen molar-refractivity contribution in [2.24, 2.45) is 5.92 Å². The van der Waals surface area contributed by atoms with Crippen molar-refractivity contribution in [2.45, 2.75) is 44.3 Å². The number of hydrogen-bond donors (Lipinski definition) is 1. The summed E-state index contributed by atoms with van der Waals surface area (Å²) in [5.74, 6) is 1.49. The van der Waals surface area contributed by atoms with E-state index < -0.39 is 0 Å². The highest BCUT2D eigenvalue weighted by atomic mass is 16.5. The molecule has 158 valence electrons. The Morgan fingerprint density at radius 1 is 1.10 bits per heavy atom. The number of anilines is 1. The molecule has 1 N–H and O–H groups in total. The lowest BCUT2D eigenvalue weighted by molar-refractivity contribution is 0.153. The highest BCUT2D eigenvalue weighted by molar-refractivity contribution is 5.82. The van der Waals surface area contributed by atoms with Gasteiger partial charge in [0.2, 0.25) is 0 Å². The van der Waals surface area contributed by atoms with Gasteiger partial charge in [-0.25, -0.2) is 15.0 Å². The highest BCUT2D eigenvalue weighted by Crippen LogP contribution is 2.36. The van der Waals surface area contributed by atoms with Gasteiger partial charge in [-0.2, -0.15) is 0 Å². The van der Waals surface area contributed by atoms with E-state index in [4.69, 9.17) is 9.72 Å². The lowest BCUT2D eigenvalue weighted by Gasteiger charge is -2.17. The lowest BCUT2D eigenvalue weighted by atomic mass is 10.1. The summed E-state index contributed by atoms with van der Waals surface area (Å²) in [4.78, 5) is 16.3. The van der Waals surface area contributed by atoms with Crippen LogP contribution in [0.1, 0.15) is 37.3 Å². The number of methoxy groups -OCH3 is 1. The molecule has 7 heteroatoms. The summed E-state index contributed by atoms with van der Waals surface area (Å²) in [5.41, 5.74) is 3.19. The molecule has 3 heterocycles. The summed E-state index contributed by atoms with van der Waals surface area (Å²) in [5, 5.41) is 3.64. The molecule has 0 bridgehead atoms. The first-order valence-electron chi connectivity index (χ1n) is 11.0. The third-order valence-electron chi connectivity index (χ3n) is 6.53. The van der Waals surface area contributed by atoms with Gasteiger partial charge in [-0.15, -0.1) is 0 Å². The van der Waals surface area contributed by atoms with Crippen molar-refractivity contribution in [1.29, 1.82) is 0 Å². The van der Waals surface area contributed by atoms with Gasteiger partial charge >= 0.3 is 0 Å². The fourth-order valence-corrected chi connectivity index (χ4v) is 5.04. The van der Waals surface area contributed by atoms with Crippen LogP contribution in [0.2, 0.25) is 0 Å². The van der Waals surface area contributed by atoms with Gasteiger partial charge in [0.25, 0.3) is 0 Å². The Morgan fingerprint density at radius 2 is 2.00 bits per heavy atom. The fraction of sp³-hybridized carbons (Fsp3) is 0.522. The molecule has 2 aromatic heterocycles. The van der Waals surface area contributed by atoms with Gasteiger partial charge in [0.1, 0.15) is 11.8 Å². The fourth-order valence-electron chi connectivity index (χ4n) is 5.04. The molecule has 1 aliphatic heterocycles. The quantitative estimate of drug-likeness (QED) is 0.648. The third-order valence-corrected chi connectivity index (χ3v) is 6.53. The number of likely N-dealkylation sites (tertiary alicyclic amines) is 1. The van der Waals surface area contributed by atoms with Gasteiger partial charge in [-0.3, -0.25) is 4.90 Å². The molecule has 3 aromatic rings. The average molecular weight is 407 g/mol. The third kappa shape index (κ3) is 4.04. The molecule has 5 rings (SSSR count). The zero-order valence-corrected chi connectivity index (χ0v) is 17.6. The zero-order chi connectivity index (χ0) is 20.3. The maximum absolute atomic E-state index is 5.35. The SMILES string of the molecule is COC[C@@H]1CC[C@@H](n2cnc3c(N[C@H]4CCN(Cc5ccccc5)C4)ncnc32)C1. The molecule has 1 aromatic carbocycles. The molecule has 0 amide bonds.